The zero-order valence-corrected chi connectivity index (χ0v) is 9.31. The van der Waals surface area contributed by atoms with E-state index in [0.29, 0.717) is 5.78 Å². The fourth-order valence-electron chi connectivity index (χ4n) is 1.93. The number of hydrogen-bond donors (Lipinski definition) is 0. The molecule has 0 aromatic heterocycles. The Morgan fingerprint density at radius 1 is 1.46 bits per heavy atom. The van der Waals surface area contributed by atoms with E-state index in [9.17, 15) is 4.79 Å². The first-order chi connectivity index (χ1) is 6.11. The van der Waals surface area contributed by atoms with Gasteiger partial charge in [0.15, 0.2) is 5.78 Å². The number of halogens is 1. The highest BCUT2D eigenvalue weighted by molar-refractivity contribution is 9.10. The van der Waals surface area contributed by atoms with Crippen molar-refractivity contribution >= 4 is 21.7 Å². The molecule has 13 heavy (non-hydrogen) atoms. The van der Waals surface area contributed by atoms with Crippen molar-refractivity contribution in [2.45, 2.75) is 20.3 Å². The van der Waals surface area contributed by atoms with Crippen LogP contribution in [0.1, 0.15) is 28.4 Å². The molecule has 1 atom stereocenters. The molecule has 0 amide bonds. The molecule has 1 aromatic carbocycles. The van der Waals surface area contributed by atoms with E-state index >= 15 is 0 Å². The minimum atomic E-state index is 0.160. The average Bonchev–Trinajstić information content (AvgIpc) is 2.38. The third-order valence-electron chi connectivity index (χ3n) is 2.67. The van der Waals surface area contributed by atoms with Crippen molar-refractivity contribution in [1.82, 2.24) is 0 Å². The third-order valence-corrected chi connectivity index (χ3v) is 3.41. The number of benzene rings is 1. The Bertz CT molecular complexity index is 382. The smallest absolute Gasteiger partial charge is 0.166 e. The molecule has 68 valence electrons. The molecule has 0 radical (unpaired) electrons. The molecule has 0 heterocycles. The molecule has 1 unspecified atom stereocenters. The first kappa shape index (κ1) is 8.95. The monoisotopic (exact) mass is 238 g/mol. The Morgan fingerprint density at radius 3 is 2.77 bits per heavy atom. The number of hydrogen-bond acceptors (Lipinski definition) is 1. The molecule has 1 aliphatic rings. The van der Waals surface area contributed by atoms with Gasteiger partial charge in [-0.1, -0.05) is 28.9 Å². The summed E-state index contributed by atoms with van der Waals surface area (Å²) in [6.45, 7) is 4.00. The highest BCUT2D eigenvalue weighted by Crippen LogP contribution is 2.34. The van der Waals surface area contributed by atoms with Crippen molar-refractivity contribution in [2.75, 3.05) is 0 Å². The first-order valence-electron chi connectivity index (χ1n) is 4.43. The maximum Gasteiger partial charge on any atom is 0.166 e. The SMILES string of the molecule is Cc1ccc(Br)c2c1C(=O)C(C)C2. The number of rotatable bonds is 0. The van der Waals surface area contributed by atoms with E-state index in [-0.39, 0.29) is 5.92 Å². The van der Waals surface area contributed by atoms with E-state index in [1.165, 1.54) is 5.56 Å². The lowest BCUT2D eigenvalue weighted by Gasteiger charge is -2.03. The van der Waals surface area contributed by atoms with Gasteiger partial charge in [0.1, 0.15) is 0 Å². The van der Waals surface area contributed by atoms with Crippen molar-refractivity contribution in [3.63, 3.8) is 0 Å². The molecule has 0 saturated carbocycles. The summed E-state index contributed by atoms with van der Waals surface area (Å²) in [5.41, 5.74) is 3.24. The lowest BCUT2D eigenvalue weighted by atomic mass is 10.0. The third kappa shape index (κ3) is 1.24. The molecular weight excluding hydrogens is 228 g/mol. The summed E-state index contributed by atoms with van der Waals surface area (Å²) in [5, 5.41) is 0. The fraction of sp³-hybridized carbons (Fsp3) is 0.364. The van der Waals surface area contributed by atoms with Crippen molar-refractivity contribution in [3.8, 4) is 0 Å². The number of fused-ring (bicyclic) bond motifs is 1. The van der Waals surface area contributed by atoms with Crippen LogP contribution in [0.25, 0.3) is 0 Å². The van der Waals surface area contributed by atoms with Crippen molar-refractivity contribution < 1.29 is 4.79 Å². The predicted octanol–water partition coefficient (Wildman–Crippen LogP) is 3.13. The summed E-state index contributed by atoms with van der Waals surface area (Å²) in [7, 11) is 0. The van der Waals surface area contributed by atoms with Crippen LogP contribution in [0.5, 0.6) is 0 Å². The van der Waals surface area contributed by atoms with Gasteiger partial charge in [0.25, 0.3) is 0 Å². The summed E-state index contributed by atoms with van der Waals surface area (Å²) in [4.78, 5) is 11.7. The maximum atomic E-state index is 11.7. The second-order valence-electron chi connectivity index (χ2n) is 3.69. The van der Waals surface area contributed by atoms with E-state index in [1.807, 2.05) is 26.0 Å². The molecule has 0 saturated heterocycles. The van der Waals surface area contributed by atoms with Crippen LogP contribution in [0.4, 0.5) is 0 Å². The summed E-state index contributed by atoms with van der Waals surface area (Å²) in [6, 6.07) is 4.03. The summed E-state index contributed by atoms with van der Waals surface area (Å²) >= 11 is 3.48. The lowest BCUT2D eigenvalue weighted by molar-refractivity contribution is 0.0946. The van der Waals surface area contributed by atoms with Gasteiger partial charge in [-0.2, -0.15) is 0 Å². The van der Waals surface area contributed by atoms with Crippen molar-refractivity contribution in [3.05, 3.63) is 33.3 Å². The average molecular weight is 239 g/mol. The van der Waals surface area contributed by atoms with Gasteiger partial charge in [-0.3, -0.25) is 4.79 Å². The topological polar surface area (TPSA) is 17.1 Å². The van der Waals surface area contributed by atoms with Crippen LogP contribution < -0.4 is 0 Å². The van der Waals surface area contributed by atoms with Crippen molar-refractivity contribution in [2.24, 2.45) is 5.92 Å². The van der Waals surface area contributed by atoms with Gasteiger partial charge in [0.2, 0.25) is 0 Å². The number of carbonyl (C=O) groups excluding carboxylic acids is 1. The maximum absolute atomic E-state index is 11.7. The Hall–Kier alpha value is -0.630. The molecule has 1 nitrogen and oxygen atoms in total. The predicted molar refractivity (Wildman–Crippen MR) is 56.1 cm³/mol. The van der Waals surface area contributed by atoms with Gasteiger partial charge >= 0.3 is 0 Å². The van der Waals surface area contributed by atoms with E-state index < -0.39 is 0 Å². The molecular formula is C11H11BrO. The Balaban J connectivity index is 2.68. The van der Waals surface area contributed by atoms with Crippen LogP contribution in [0.2, 0.25) is 0 Å². The van der Waals surface area contributed by atoms with Gasteiger partial charge in [-0.25, -0.2) is 0 Å². The van der Waals surface area contributed by atoms with Crippen LogP contribution in [-0.4, -0.2) is 5.78 Å². The van der Waals surface area contributed by atoms with Crippen LogP contribution in [0, 0.1) is 12.8 Å². The van der Waals surface area contributed by atoms with E-state index in [0.717, 1.165) is 22.0 Å². The summed E-state index contributed by atoms with van der Waals surface area (Å²) in [5.74, 6) is 0.459. The molecule has 1 aliphatic carbocycles. The second kappa shape index (κ2) is 2.95. The molecule has 2 rings (SSSR count). The molecule has 0 N–H and O–H groups in total. The van der Waals surface area contributed by atoms with Gasteiger partial charge in [0.05, 0.1) is 0 Å². The number of ketones is 1. The Kier molecular flexibility index (Phi) is 2.03. The molecule has 0 aliphatic heterocycles. The number of aryl methyl sites for hydroxylation is 1. The van der Waals surface area contributed by atoms with Crippen LogP contribution in [0.3, 0.4) is 0 Å². The van der Waals surface area contributed by atoms with Crippen LogP contribution >= 0.6 is 15.9 Å². The highest BCUT2D eigenvalue weighted by Gasteiger charge is 2.29. The van der Waals surface area contributed by atoms with E-state index in [4.69, 9.17) is 0 Å². The molecule has 0 spiro atoms. The minimum absolute atomic E-state index is 0.160. The van der Waals surface area contributed by atoms with Gasteiger partial charge in [-0.05, 0) is 30.5 Å². The lowest BCUT2D eigenvalue weighted by Crippen LogP contribution is -2.04. The minimum Gasteiger partial charge on any atom is -0.294 e. The quantitative estimate of drug-likeness (QED) is 0.679. The van der Waals surface area contributed by atoms with Crippen LogP contribution in [-0.2, 0) is 6.42 Å². The van der Waals surface area contributed by atoms with Gasteiger partial charge in [0, 0.05) is 16.0 Å². The largest absolute Gasteiger partial charge is 0.294 e. The number of carbonyl (C=O) groups is 1. The zero-order valence-electron chi connectivity index (χ0n) is 7.73. The van der Waals surface area contributed by atoms with Gasteiger partial charge in [-0.15, -0.1) is 0 Å². The summed E-state index contributed by atoms with van der Waals surface area (Å²) < 4.78 is 1.07. The van der Waals surface area contributed by atoms with E-state index in [1.54, 1.807) is 0 Å². The normalized spacial score (nSPS) is 20.5. The van der Waals surface area contributed by atoms with E-state index in [2.05, 4.69) is 15.9 Å². The Morgan fingerprint density at radius 2 is 2.15 bits per heavy atom. The van der Waals surface area contributed by atoms with Crippen LogP contribution in [0.15, 0.2) is 16.6 Å². The Labute approximate surface area is 86.3 Å². The number of Topliss-reactive ketones (excluding diaryl/α,β-unsaturated/α-hetero) is 1. The molecule has 2 heteroatoms. The molecule has 0 fully saturated rings. The van der Waals surface area contributed by atoms with Crippen molar-refractivity contribution in [1.29, 1.82) is 0 Å². The fourth-order valence-corrected chi connectivity index (χ4v) is 2.42. The zero-order chi connectivity index (χ0) is 9.59. The highest BCUT2D eigenvalue weighted by atomic mass is 79.9. The molecule has 1 aromatic rings. The molecule has 0 bridgehead atoms. The van der Waals surface area contributed by atoms with Gasteiger partial charge < -0.3 is 0 Å². The standard InChI is InChI=1S/C11H11BrO/c1-6-3-4-9(12)8-5-7(2)11(13)10(6)8/h3-4,7H,5H2,1-2H3. The second-order valence-corrected chi connectivity index (χ2v) is 4.54. The summed E-state index contributed by atoms with van der Waals surface area (Å²) in [6.07, 6.45) is 0.885. The first-order valence-corrected chi connectivity index (χ1v) is 5.22.